The summed E-state index contributed by atoms with van der Waals surface area (Å²) in [5.41, 5.74) is 5.30. The predicted octanol–water partition coefficient (Wildman–Crippen LogP) is 1.80. The molecule has 0 radical (unpaired) electrons. The van der Waals surface area contributed by atoms with E-state index in [0.29, 0.717) is 5.96 Å². The second-order valence-electron chi connectivity index (χ2n) is 4.11. The maximum absolute atomic E-state index is 7.20. The number of unbranched alkanes of at least 4 members (excludes halogenated alkanes) is 4. The van der Waals surface area contributed by atoms with Gasteiger partial charge in [0.2, 0.25) is 0 Å². The van der Waals surface area contributed by atoms with Crippen molar-refractivity contribution in [3.8, 4) is 0 Å². The zero-order chi connectivity index (χ0) is 12.9. The maximum Gasteiger partial charge on any atom is 0.198 e. The van der Waals surface area contributed by atoms with E-state index in [0.717, 1.165) is 32.4 Å². The van der Waals surface area contributed by atoms with Gasteiger partial charge in [0.25, 0.3) is 0 Å². The van der Waals surface area contributed by atoms with Gasteiger partial charge < -0.3 is 11.1 Å². The van der Waals surface area contributed by atoms with Crippen LogP contribution in [0.4, 0.5) is 0 Å². The lowest BCUT2D eigenvalue weighted by Crippen LogP contribution is -2.44. The number of nitrogens with zero attached hydrogens (tertiary/aromatic N) is 1. The van der Waals surface area contributed by atoms with E-state index in [2.05, 4.69) is 29.5 Å². The first kappa shape index (κ1) is 15.7. The molecule has 0 saturated heterocycles. The summed E-state index contributed by atoms with van der Waals surface area (Å²) in [6.45, 7) is 5.99. The molecule has 0 unspecified atom stereocenters. The molecule has 0 rings (SSSR count). The number of nitrogens with two attached hydrogens (primary N) is 1. The minimum atomic E-state index is -0.0682. The predicted molar refractivity (Wildman–Crippen MR) is 74.4 cm³/mol. The van der Waals surface area contributed by atoms with E-state index in [1.54, 1.807) is 0 Å². The van der Waals surface area contributed by atoms with Crippen molar-refractivity contribution in [2.45, 2.75) is 52.4 Å². The van der Waals surface area contributed by atoms with Crippen molar-refractivity contribution >= 4 is 11.9 Å². The van der Waals surface area contributed by atoms with Crippen molar-refractivity contribution < 1.29 is 0 Å². The van der Waals surface area contributed by atoms with Gasteiger partial charge in [0.1, 0.15) is 0 Å². The van der Waals surface area contributed by atoms with Gasteiger partial charge in [-0.15, -0.1) is 0 Å². The largest absolute Gasteiger partial charge is 0.370 e. The molecule has 0 aromatic heterocycles. The molecule has 0 saturated carbocycles. The Morgan fingerprint density at radius 1 is 1.12 bits per heavy atom. The fourth-order valence-electron chi connectivity index (χ4n) is 1.38. The fourth-order valence-corrected chi connectivity index (χ4v) is 1.38. The van der Waals surface area contributed by atoms with Crippen LogP contribution in [0.25, 0.3) is 0 Å². The lowest BCUT2D eigenvalue weighted by molar-refractivity contribution is 0.670. The average Bonchev–Trinajstić information content (AvgIpc) is 2.28. The molecule has 5 nitrogen and oxygen atoms in total. The SMILES string of the molecule is CCCCCCN=C(NCCCC)NC(=N)N. The highest BCUT2D eigenvalue weighted by atomic mass is 15.2. The van der Waals surface area contributed by atoms with Crippen LogP contribution in [0, 0.1) is 5.41 Å². The third-order valence-electron chi connectivity index (χ3n) is 2.36. The third-order valence-corrected chi connectivity index (χ3v) is 2.36. The molecular weight excluding hydrogens is 214 g/mol. The molecule has 0 aliphatic carbocycles. The van der Waals surface area contributed by atoms with Crippen LogP contribution >= 0.6 is 0 Å². The van der Waals surface area contributed by atoms with Gasteiger partial charge >= 0.3 is 0 Å². The highest BCUT2D eigenvalue weighted by Crippen LogP contribution is 1.98. The summed E-state index contributed by atoms with van der Waals surface area (Å²) in [7, 11) is 0. The first-order valence-corrected chi connectivity index (χ1v) is 6.60. The second-order valence-corrected chi connectivity index (χ2v) is 4.11. The van der Waals surface area contributed by atoms with Crippen LogP contribution in [0.3, 0.4) is 0 Å². The molecule has 0 aliphatic heterocycles. The highest BCUT2D eigenvalue weighted by molar-refractivity contribution is 5.96. The molecule has 100 valence electrons. The van der Waals surface area contributed by atoms with Crippen molar-refractivity contribution in [3.05, 3.63) is 0 Å². The Balaban J connectivity index is 3.88. The van der Waals surface area contributed by atoms with Gasteiger partial charge in [0, 0.05) is 13.1 Å². The minimum Gasteiger partial charge on any atom is -0.370 e. The highest BCUT2D eigenvalue weighted by Gasteiger charge is 1.98. The Hall–Kier alpha value is -1.26. The van der Waals surface area contributed by atoms with Gasteiger partial charge in [0.05, 0.1) is 0 Å². The van der Waals surface area contributed by atoms with Crippen LogP contribution in [0.5, 0.6) is 0 Å². The maximum atomic E-state index is 7.20. The van der Waals surface area contributed by atoms with Gasteiger partial charge in [-0.1, -0.05) is 39.5 Å². The van der Waals surface area contributed by atoms with Gasteiger partial charge in [-0.25, -0.2) is 0 Å². The number of hydrogen-bond donors (Lipinski definition) is 4. The molecule has 0 aliphatic rings. The standard InChI is InChI=1S/C12H27N5/c1-3-5-7-8-10-16-12(17-11(13)14)15-9-6-4-2/h3-10H2,1-2H3,(H5,13,14,15,16,17). The number of rotatable bonds is 8. The van der Waals surface area contributed by atoms with Crippen molar-refractivity contribution in [3.63, 3.8) is 0 Å². The zero-order valence-corrected chi connectivity index (χ0v) is 11.2. The molecule has 0 heterocycles. The van der Waals surface area contributed by atoms with E-state index >= 15 is 0 Å². The van der Waals surface area contributed by atoms with Crippen LogP contribution in [-0.2, 0) is 0 Å². The zero-order valence-electron chi connectivity index (χ0n) is 11.2. The summed E-state index contributed by atoms with van der Waals surface area (Å²) >= 11 is 0. The van der Waals surface area contributed by atoms with Crippen LogP contribution < -0.4 is 16.4 Å². The summed E-state index contributed by atoms with van der Waals surface area (Å²) in [6.07, 6.45) is 7.02. The Kier molecular flexibility index (Phi) is 10.4. The number of guanidine groups is 2. The van der Waals surface area contributed by atoms with Crippen molar-refractivity contribution in [1.82, 2.24) is 10.6 Å². The summed E-state index contributed by atoms with van der Waals surface area (Å²) in [4.78, 5) is 4.38. The van der Waals surface area contributed by atoms with E-state index in [9.17, 15) is 0 Å². The Morgan fingerprint density at radius 2 is 1.82 bits per heavy atom. The fraction of sp³-hybridized carbons (Fsp3) is 0.833. The lowest BCUT2D eigenvalue weighted by Gasteiger charge is -2.10. The Labute approximate surface area is 105 Å². The third kappa shape index (κ3) is 11.0. The average molecular weight is 241 g/mol. The van der Waals surface area contributed by atoms with E-state index in [-0.39, 0.29) is 5.96 Å². The topological polar surface area (TPSA) is 86.3 Å². The van der Waals surface area contributed by atoms with Crippen LogP contribution in [0.1, 0.15) is 52.4 Å². The molecular formula is C12H27N5. The molecule has 5 N–H and O–H groups in total. The molecule has 0 amide bonds. The number of aliphatic imine (C=N–C) groups is 1. The van der Waals surface area contributed by atoms with Crippen molar-refractivity contribution in [1.29, 1.82) is 5.41 Å². The molecule has 0 aromatic carbocycles. The van der Waals surface area contributed by atoms with Gasteiger partial charge in [-0.05, 0) is 12.8 Å². The van der Waals surface area contributed by atoms with Crippen molar-refractivity contribution in [2.75, 3.05) is 13.1 Å². The lowest BCUT2D eigenvalue weighted by atomic mass is 10.2. The molecule has 0 spiro atoms. The monoisotopic (exact) mass is 241 g/mol. The Bertz CT molecular complexity index is 225. The van der Waals surface area contributed by atoms with Gasteiger partial charge in [-0.2, -0.15) is 0 Å². The first-order valence-electron chi connectivity index (χ1n) is 6.60. The van der Waals surface area contributed by atoms with E-state index in [1.165, 1.54) is 19.3 Å². The van der Waals surface area contributed by atoms with Crippen LogP contribution in [-0.4, -0.2) is 25.0 Å². The van der Waals surface area contributed by atoms with E-state index < -0.39 is 0 Å². The molecule has 0 fully saturated rings. The molecule has 0 aromatic rings. The van der Waals surface area contributed by atoms with Crippen LogP contribution in [0.15, 0.2) is 4.99 Å². The molecule has 17 heavy (non-hydrogen) atoms. The molecule has 0 bridgehead atoms. The molecule has 0 atom stereocenters. The first-order chi connectivity index (χ1) is 8.20. The smallest absolute Gasteiger partial charge is 0.198 e. The normalized spacial score (nSPS) is 11.3. The van der Waals surface area contributed by atoms with Gasteiger partial charge in [0.15, 0.2) is 11.9 Å². The van der Waals surface area contributed by atoms with E-state index in [1.807, 2.05) is 0 Å². The summed E-state index contributed by atoms with van der Waals surface area (Å²) < 4.78 is 0. The van der Waals surface area contributed by atoms with Gasteiger partial charge in [-0.3, -0.25) is 15.7 Å². The van der Waals surface area contributed by atoms with E-state index in [4.69, 9.17) is 11.1 Å². The number of hydrogen-bond acceptors (Lipinski definition) is 2. The summed E-state index contributed by atoms with van der Waals surface area (Å²) in [5, 5.41) is 13.1. The molecule has 5 heteroatoms. The quantitative estimate of drug-likeness (QED) is 0.297. The number of nitrogens with one attached hydrogen (secondary N) is 3. The van der Waals surface area contributed by atoms with Crippen molar-refractivity contribution in [2.24, 2.45) is 10.7 Å². The summed E-state index contributed by atoms with van der Waals surface area (Å²) in [5.74, 6) is 0.559. The minimum absolute atomic E-state index is 0.0682. The second kappa shape index (κ2) is 11.2. The Morgan fingerprint density at radius 3 is 2.41 bits per heavy atom. The van der Waals surface area contributed by atoms with Crippen LogP contribution in [0.2, 0.25) is 0 Å². The summed E-state index contributed by atoms with van der Waals surface area (Å²) in [6, 6.07) is 0.